The van der Waals surface area contributed by atoms with E-state index in [1.165, 1.54) is 43.1 Å². The van der Waals surface area contributed by atoms with Crippen molar-refractivity contribution >= 4 is 12.0 Å². The van der Waals surface area contributed by atoms with Crippen molar-refractivity contribution in [2.45, 2.75) is 19.3 Å². The largest absolute Gasteiger partial charge is 0.573 e. The third kappa shape index (κ3) is 3.70. The summed E-state index contributed by atoms with van der Waals surface area (Å²) in [5.74, 6) is -1.01. The number of alkyl halides is 3. The molecule has 136 valence electrons. The van der Waals surface area contributed by atoms with Crippen LogP contribution in [0.2, 0.25) is 0 Å². The third-order valence-corrected chi connectivity index (χ3v) is 3.98. The number of hydrogen-bond acceptors (Lipinski definition) is 4. The lowest BCUT2D eigenvalue weighted by Crippen LogP contribution is -2.47. The first-order valence-electron chi connectivity index (χ1n) is 7.22. The number of carbonyl (C=O) groups excluding carboxylic acids is 2. The predicted octanol–water partition coefficient (Wildman–Crippen LogP) is 3.07. The maximum atomic E-state index is 12.3. The molecule has 25 heavy (non-hydrogen) atoms. The number of urea groups is 1. The van der Waals surface area contributed by atoms with Crippen molar-refractivity contribution in [3.63, 3.8) is 0 Å². The van der Waals surface area contributed by atoms with Crippen LogP contribution in [0.25, 0.3) is 0 Å². The van der Waals surface area contributed by atoms with Crippen LogP contribution in [-0.4, -0.2) is 49.4 Å². The highest BCUT2D eigenvalue weighted by atomic mass is 19.4. The number of amides is 2. The fourth-order valence-corrected chi connectivity index (χ4v) is 2.67. The molecule has 0 unspecified atom stereocenters. The average Bonchev–Trinajstić information content (AvgIpc) is 2.55. The Labute approximate surface area is 142 Å². The van der Waals surface area contributed by atoms with Crippen LogP contribution in [0.15, 0.2) is 35.5 Å². The molecule has 0 bridgehead atoms. The highest BCUT2D eigenvalue weighted by Gasteiger charge is 2.39. The van der Waals surface area contributed by atoms with E-state index in [0.29, 0.717) is 11.3 Å². The molecule has 2 amide bonds. The summed E-state index contributed by atoms with van der Waals surface area (Å²) in [5.41, 5.74) is 1.10. The van der Waals surface area contributed by atoms with Crippen molar-refractivity contribution in [3.05, 3.63) is 41.1 Å². The Morgan fingerprint density at radius 3 is 2.20 bits per heavy atom. The van der Waals surface area contributed by atoms with E-state index in [-0.39, 0.29) is 11.6 Å². The summed E-state index contributed by atoms with van der Waals surface area (Å²) in [6.45, 7) is 1.60. The fourth-order valence-electron chi connectivity index (χ4n) is 2.67. The Hall–Kier alpha value is -2.71. The molecule has 1 aromatic rings. The third-order valence-electron chi connectivity index (χ3n) is 3.98. The Balaban J connectivity index is 2.46. The molecule has 1 aliphatic heterocycles. The minimum Gasteiger partial charge on any atom is -0.466 e. The molecule has 1 heterocycles. The standard InChI is InChI=1S/C16H17F3N2O4/c1-9-12(14(22)24-4)13(21(3)15(23)20(9)2)10-5-7-11(8-6-10)25-16(17,18)19/h5-8,13H,1-4H3/t13-/m0/s1. The predicted molar refractivity (Wildman–Crippen MR) is 81.5 cm³/mol. The van der Waals surface area contributed by atoms with Crippen LogP contribution in [0, 0.1) is 0 Å². The molecule has 0 saturated heterocycles. The molecule has 9 heteroatoms. The van der Waals surface area contributed by atoms with Gasteiger partial charge < -0.3 is 19.3 Å². The number of ether oxygens (including phenoxy) is 2. The van der Waals surface area contributed by atoms with Crippen LogP contribution in [0.3, 0.4) is 0 Å². The molecule has 2 rings (SSSR count). The summed E-state index contributed by atoms with van der Waals surface area (Å²) < 4.78 is 45.4. The van der Waals surface area contributed by atoms with Gasteiger partial charge in [0.25, 0.3) is 0 Å². The van der Waals surface area contributed by atoms with Gasteiger partial charge in [-0.05, 0) is 24.6 Å². The van der Waals surface area contributed by atoms with E-state index in [2.05, 4.69) is 4.74 Å². The van der Waals surface area contributed by atoms with Crippen molar-refractivity contribution in [1.29, 1.82) is 0 Å². The van der Waals surface area contributed by atoms with Gasteiger partial charge in [-0.1, -0.05) is 12.1 Å². The number of carbonyl (C=O) groups is 2. The van der Waals surface area contributed by atoms with E-state index in [9.17, 15) is 22.8 Å². The Bertz CT molecular complexity index is 713. The van der Waals surface area contributed by atoms with Gasteiger partial charge in [0.2, 0.25) is 0 Å². The van der Waals surface area contributed by atoms with E-state index < -0.39 is 24.1 Å². The van der Waals surface area contributed by atoms with Crippen molar-refractivity contribution in [2.24, 2.45) is 0 Å². The number of halogens is 3. The van der Waals surface area contributed by atoms with Gasteiger partial charge in [0, 0.05) is 19.8 Å². The summed E-state index contributed by atoms with van der Waals surface area (Å²) in [4.78, 5) is 27.1. The lowest BCUT2D eigenvalue weighted by Gasteiger charge is -2.39. The normalized spacial score (nSPS) is 18.5. The Kier molecular flexibility index (Phi) is 4.96. The van der Waals surface area contributed by atoms with Gasteiger partial charge in [0.15, 0.2) is 0 Å². The number of hydrogen-bond donors (Lipinski definition) is 0. The second kappa shape index (κ2) is 6.66. The van der Waals surface area contributed by atoms with E-state index in [1.54, 1.807) is 6.92 Å². The molecule has 0 saturated carbocycles. The maximum absolute atomic E-state index is 12.3. The zero-order chi connectivity index (χ0) is 18.9. The summed E-state index contributed by atoms with van der Waals surface area (Å²) in [7, 11) is 4.24. The first kappa shape index (κ1) is 18.6. The molecule has 1 aliphatic rings. The maximum Gasteiger partial charge on any atom is 0.573 e. The van der Waals surface area contributed by atoms with Crippen LogP contribution in [-0.2, 0) is 9.53 Å². The van der Waals surface area contributed by atoms with Gasteiger partial charge in [0.05, 0.1) is 18.7 Å². The number of rotatable bonds is 3. The number of nitrogens with zero attached hydrogens (tertiary/aromatic N) is 2. The second-order valence-electron chi connectivity index (χ2n) is 5.46. The monoisotopic (exact) mass is 358 g/mol. The van der Waals surface area contributed by atoms with Crippen molar-refractivity contribution in [3.8, 4) is 5.75 Å². The number of likely N-dealkylation sites (N-methyl/N-ethyl adjacent to an activating group) is 1. The molecule has 0 aliphatic carbocycles. The van der Waals surface area contributed by atoms with E-state index in [4.69, 9.17) is 4.74 Å². The summed E-state index contributed by atoms with van der Waals surface area (Å²) >= 11 is 0. The van der Waals surface area contributed by atoms with Crippen LogP contribution in [0.5, 0.6) is 5.75 Å². The van der Waals surface area contributed by atoms with Crippen LogP contribution < -0.4 is 4.74 Å². The second-order valence-corrected chi connectivity index (χ2v) is 5.46. The van der Waals surface area contributed by atoms with Gasteiger partial charge >= 0.3 is 18.4 Å². The van der Waals surface area contributed by atoms with E-state index in [0.717, 1.165) is 12.1 Å². The number of esters is 1. The van der Waals surface area contributed by atoms with Crippen LogP contribution in [0.4, 0.5) is 18.0 Å². The van der Waals surface area contributed by atoms with E-state index in [1.807, 2.05) is 0 Å². The smallest absolute Gasteiger partial charge is 0.466 e. The molecule has 1 aromatic carbocycles. The molecule has 6 nitrogen and oxygen atoms in total. The Morgan fingerprint density at radius 2 is 1.72 bits per heavy atom. The number of allylic oxidation sites excluding steroid dienone is 1. The van der Waals surface area contributed by atoms with Gasteiger partial charge in [0.1, 0.15) is 5.75 Å². The molecule has 1 atom stereocenters. The topological polar surface area (TPSA) is 59.1 Å². The first-order valence-corrected chi connectivity index (χ1v) is 7.22. The number of methoxy groups -OCH3 is 1. The molecule has 0 spiro atoms. The molecule has 0 aromatic heterocycles. The van der Waals surface area contributed by atoms with Crippen LogP contribution in [0.1, 0.15) is 18.5 Å². The van der Waals surface area contributed by atoms with Gasteiger partial charge in [-0.15, -0.1) is 13.2 Å². The SMILES string of the molecule is COC(=O)C1=C(C)N(C)C(=O)N(C)[C@H]1c1ccc(OC(F)(F)F)cc1. The molecule has 0 N–H and O–H groups in total. The summed E-state index contributed by atoms with van der Waals surface area (Å²) in [6, 6.07) is 3.86. The van der Waals surface area contributed by atoms with Crippen molar-refractivity contribution < 1.29 is 32.2 Å². The highest BCUT2D eigenvalue weighted by Crippen LogP contribution is 2.37. The number of benzene rings is 1. The van der Waals surface area contributed by atoms with E-state index >= 15 is 0 Å². The van der Waals surface area contributed by atoms with Gasteiger partial charge in [-0.25, -0.2) is 9.59 Å². The lowest BCUT2D eigenvalue weighted by molar-refractivity contribution is -0.274. The molecule has 0 fully saturated rings. The van der Waals surface area contributed by atoms with Gasteiger partial charge in [-0.3, -0.25) is 0 Å². The zero-order valence-corrected chi connectivity index (χ0v) is 14.0. The van der Waals surface area contributed by atoms with Crippen molar-refractivity contribution in [2.75, 3.05) is 21.2 Å². The molecular formula is C16H17F3N2O4. The minimum absolute atomic E-state index is 0.233. The summed E-state index contributed by atoms with van der Waals surface area (Å²) in [6.07, 6.45) is -4.80. The van der Waals surface area contributed by atoms with Crippen molar-refractivity contribution in [1.82, 2.24) is 9.80 Å². The lowest BCUT2D eigenvalue weighted by atomic mass is 9.93. The quantitative estimate of drug-likeness (QED) is 0.780. The fraction of sp³-hybridized carbons (Fsp3) is 0.375. The minimum atomic E-state index is -4.80. The average molecular weight is 358 g/mol. The first-order chi connectivity index (χ1) is 11.6. The molecule has 0 radical (unpaired) electrons. The van der Waals surface area contributed by atoms with Gasteiger partial charge in [-0.2, -0.15) is 0 Å². The zero-order valence-electron chi connectivity index (χ0n) is 14.0. The van der Waals surface area contributed by atoms with Crippen LogP contribution >= 0.6 is 0 Å². The Morgan fingerprint density at radius 1 is 1.16 bits per heavy atom. The molecular weight excluding hydrogens is 341 g/mol. The summed E-state index contributed by atoms with van der Waals surface area (Å²) in [5, 5.41) is 0. The highest BCUT2D eigenvalue weighted by molar-refractivity contribution is 5.94.